The molecule has 1 aliphatic heterocycles. The largest absolute Gasteiger partial charge is 0.323 e. The molecule has 1 fully saturated rings. The molecule has 1 amide bonds. The Balaban J connectivity index is 2.89. The Kier molecular flexibility index (Phi) is 4.36. The van der Waals surface area contributed by atoms with E-state index in [9.17, 15) is 4.79 Å². The van der Waals surface area contributed by atoms with Gasteiger partial charge in [0.05, 0.1) is 12.2 Å². The molecule has 16 heavy (non-hydrogen) atoms. The van der Waals surface area contributed by atoms with Crippen LogP contribution in [0, 0.1) is 11.8 Å². The third-order valence-corrected chi connectivity index (χ3v) is 3.53. The predicted molar refractivity (Wildman–Crippen MR) is 67.0 cm³/mol. The lowest BCUT2D eigenvalue weighted by Gasteiger charge is -2.32. The smallest absolute Gasteiger partial charge is 0.241 e. The molecule has 3 unspecified atom stereocenters. The highest BCUT2D eigenvalue weighted by Crippen LogP contribution is 2.24. The maximum Gasteiger partial charge on any atom is 0.241 e. The number of nitrogens with one attached hydrogen (secondary N) is 1. The normalized spacial score (nSPS) is 28.2. The van der Waals surface area contributed by atoms with E-state index in [1.807, 2.05) is 0 Å². The molecule has 1 saturated heterocycles. The lowest BCUT2D eigenvalue weighted by molar-refractivity contribution is -0.133. The molecule has 1 heterocycles. The van der Waals surface area contributed by atoms with Gasteiger partial charge in [0.2, 0.25) is 5.91 Å². The number of nitrogens with zero attached hydrogens (tertiary/aromatic N) is 1. The van der Waals surface area contributed by atoms with Gasteiger partial charge in [-0.25, -0.2) is 0 Å². The van der Waals surface area contributed by atoms with E-state index in [1.165, 1.54) is 0 Å². The Morgan fingerprint density at radius 1 is 1.19 bits per heavy atom. The van der Waals surface area contributed by atoms with Gasteiger partial charge in [-0.1, -0.05) is 34.6 Å². The summed E-state index contributed by atoms with van der Waals surface area (Å²) in [5.41, 5.74) is 0. The minimum absolute atomic E-state index is 0.00130. The Labute approximate surface area is 99.6 Å². The summed E-state index contributed by atoms with van der Waals surface area (Å²) in [5, 5.41) is 3.48. The summed E-state index contributed by atoms with van der Waals surface area (Å²) in [6, 6.07) is 0.331. The van der Waals surface area contributed by atoms with E-state index in [0.717, 1.165) is 6.42 Å². The van der Waals surface area contributed by atoms with Gasteiger partial charge in [0.25, 0.3) is 0 Å². The number of hydrogen-bond acceptors (Lipinski definition) is 2. The second-order valence-electron chi connectivity index (χ2n) is 5.58. The second kappa shape index (κ2) is 5.17. The Morgan fingerprint density at radius 2 is 1.75 bits per heavy atom. The first kappa shape index (κ1) is 13.5. The molecule has 0 aromatic heterocycles. The maximum atomic E-state index is 12.3. The van der Waals surface area contributed by atoms with Crippen molar-refractivity contribution in [2.75, 3.05) is 0 Å². The minimum Gasteiger partial charge on any atom is -0.323 e. The van der Waals surface area contributed by atoms with Crippen molar-refractivity contribution in [1.82, 2.24) is 10.2 Å². The van der Waals surface area contributed by atoms with Gasteiger partial charge in [-0.3, -0.25) is 10.1 Å². The first-order chi connectivity index (χ1) is 7.40. The van der Waals surface area contributed by atoms with Crippen LogP contribution in [0.3, 0.4) is 0 Å². The standard InChI is InChI=1S/C13H26N2O/c1-7-10(6)15-12(9(4)5)14-11(8(2)3)13(15)16/h8-12,14H,7H2,1-6H3. The summed E-state index contributed by atoms with van der Waals surface area (Å²) in [6.07, 6.45) is 1.22. The lowest BCUT2D eigenvalue weighted by Crippen LogP contribution is -2.46. The highest BCUT2D eigenvalue weighted by Gasteiger charge is 2.42. The van der Waals surface area contributed by atoms with Crippen LogP contribution in [0.15, 0.2) is 0 Å². The molecular weight excluding hydrogens is 200 g/mol. The summed E-state index contributed by atoms with van der Waals surface area (Å²) in [6.45, 7) is 12.8. The number of amides is 1. The van der Waals surface area contributed by atoms with Crippen molar-refractivity contribution in [3.63, 3.8) is 0 Å². The number of hydrogen-bond donors (Lipinski definition) is 1. The van der Waals surface area contributed by atoms with Crippen molar-refractivity contribution in [3.8, 4) is 0 Å². The number of carbonyl (C=O) groups is 1. The molecule has 3 heteroatoms. The van der Waals surface area contributed by atoms with E-state index in [0.29, 0.717) is 17.9 Å². The van der Waals surface area contributed by atoms with Gasteiger partial charge < -0.3 is 4.90 Å². The van der Waals surface area contributed by atoms with Gasteiger partial charge in [-0.2, -0.15) is 0 Å². The number of carbonyl (C=O) groups excluding carboxylic acids is 1. The zero-order valence-electron chi connectivity index (χ0n) is 11.4. The van der Waals surface area contributed by atoms with Crippen molar-refractivity contribution < 1.29 is 4.79 Å². The van der Waals surface area contributed by atoms with E-state index in [4.69, 9.17) is 0 Å². The molecule has 94 valence electrons. The molecule has 0 aromatic rings. The van der Waals surface area contributed by atoms with Crippen LogP contribution in [0.1, 0.15) is 48.0 Å². The molecule has 0 saturated carbocycles. The van der Waals surface area contributed by atoms with Crippen LogP contribution in [0.4, 0.5) is 0 Å². The molecule has 3 atom stereocenters. The summed E-state index contributed by atoms with van der Waals surface area (Å²) in [7, 11) is 0. The zero-order chi connectivity index (χ0) is 12.5. The maximum absolute atomic E-state index is 12.3. The highest BCUT2D eigenvalue weighted by molar-refractivity contribution is 5.85. The Bertz CT molecular complexity index is 250. The fourth-order valence-electron chi connectivity index (χ4n) is 2.31. The van der Waals surface area contributed by atoms with Crippen molar-refractivity contribution in [1.29, 1.82) is 0 Å². The molecule has 3 nitrogen and oxygen atoms in total. The summed E-state index contributed by atoms with van der Waals surface area (Å²) in [5.74, 6) is 1.10. The van der Waals surface area contributed by atoms with E-state index < -0.39 is 0 Å². The van der Waals surface area contributed by atoms with Crippen LogP contribution < -0.4 is 5.32 Å². The third kappa shape index (κ3) is 2.40. The molecule has 1 aliphatic rings. The topological polar surface area (TPSA) is 32.3 Å². The van der Waals surface area contributed by atoms with Gasteiger partial charge in [0, 0.05) is 6.04 Å². The predicted octanol–water partition coefficient (Wildman–Crippen LogP) is 2.22. The Hall–Kier alpha value is -0.570. The van der Waals surface area contributed by atoms with Gasteiger partial charge in [-0.15, -0.1) is 0 Å². The summed E-state index contributed by atoms with van der Waals surface area (Å²) < 4.78 is 0. The van der Waals surface area contributed by atoms with Crippen LogP contribution >= 0.6 is 0 Å². The van der Waals surface area contributed by atoms with Crippen LogP contribution in [0.5, 0.6) is 0 Å². The fraction of sp³-hybridized carbons (Fsp3) is 0.923. The van der Waals surface area contributed by atoms with Crippen LogP contribution in [-0.4, -0.2) is 29.1 Å². The summed E-state index contributed by atoms with van der Waals surface area (Å²) >= 11 is 0. The SMILES string of the molecule is CCC(C)N1C(=O)C(C(C)C)NC1C(C)C. The van der Waals surface area contributed by atoms with E-state index in [2.05, 4.69) is 51.8 Å². The molecule has 0 radical (unpaired) electrons. The molecule has 1 N–H and O–H groups in total. The van der Waals surface area contributed by atoms with Crippen molar-refractivity contribution in [3.05, 3.63) is 0 Å². The Morgan fingerprint density at radius 3 is 2.12 bits per heavy atom. The quantitative estimate of drug-likeness (QED) is 0.797. The van der Waals surface area contributed by atoms with Gasteiger partial charge >= 0.3 is 0 Å². The van der Waals surface area contributed by atoms with Crippen LogP contribution in [0.2, 0.25) is 0 Å². The van der Waals surface area contributed by atoms with E-state index in [1.54, 1.807) is 0 Å². The van der Waals surface area contributed by atoms with E-state index in [-0.39, 0.29) is 18.1 Å². The third-order valence-electron chi connectivity index (χ3n) is 3.53. The highest BCUT2D eigenvalue weighted by atomic mass is 16.2. The lowest BCUT2D eigenvalue weighted by atomic mass is 10.0. The average molecular weight is 226 g/mol. The van der Waals surface area contributed by atoms with Crippen molar-refractivity contribution in [2.45, 2.75) is 66.2 Å². The first-order valence-corrected chi connectivity index (χ1v) is 6.48. The second-order valence-corrected chi connectivity index (χ2v) is 5.58. The molecule has 0 aliphatic carbocycles. The molecule has 1 rings (SSSR count). The molecular formula is C13H26N2O. The van der Waals surface area contributed by atoms with Crippen LogP contribution in [0.25, 0.3) is 0 Å². The van der Waals surface area contributed by atoms with Gasteiger partial charge in [0.1, 0.15) is 0 Å². The molecule has 0 bridgehead atoms. The number of rotatable bonds is 4. The van der Waals surface area contributed by atoms with E-state index >= 15 is 0 Å². The molecule has 0 aromatic carbocycles. The van der Waals surface area contributed by atoms with Gasteiger partial charge in [0.15, 0.2) is 0 Å². The average Bonchev–Trinajstić information content (AvgIpc) is 2.55. The van der Waals surface area contributed by atoms with Crippen molar-refractivity contribution >= 4 is 5.91 Å². The monoisotopic (exact) mass is 226 g/mol. The van der Waals surface area contributed by atoms with Crippen molar-refractivity contribution in [2.24, 2.45) is 11.8 Å². The zero-order valence-corrected chi connectivity index (χ0v) is 11.4. The fourth-order valence-corrected chi connectivity index (χ4v) is 2.31. The van der Waals surface area contributed by atoms with Crippen LogP contribution in [-0.2, 0) is 4.79 Å². The molecule has 0 spiro atoms. The first-order valence-electron chi connectivity index (χ1n) is 6.48. The summed E-state index contributed by atoms with van der Waals surface area (Å²) in [4.78, 5) is 14.4. The minimum atomic E-state index is 0.00130. The van der Waals surface area contributed by atoms with Gasteiger partial charge in [-0.05, 0) is 25.2 Å².